The highest BCUT2D eigenvalue weighted by Gasteiger charge is 2.29. The molecule has 3 rings (SSSR count). The van der Waals surface area contributed by atoms with Crippen LogP contribution in [0, 0.1) is 0 Å². The molecule has 0 aliphatic rings. The molecule has 0 radical (unpaired) electrons. The van der Waals surface area contributed by atoms with Crippen LogP contribution in [0.25, 0.3) is 22.4 Å². The monoisotopic (exact) mass is 468 g/mol. The molecule has 11 heteroatoms. The Bertz CT molecular complexity index is 1130. The van der Waals surface area contributed by atoms with Gasteiger partial charge in [0.25, 0.3) is 0 Å². The lowest BCUT2D eigenvalue weighted by molar-refractivity contribution is -0.143. The summed E-state index contributed by atoms with van der Waals surface area (Å²) in [7, 11) is 1.72. The van der Waals surface area contributed by atoms with Gasteiger partial charge in [0.1, 0.15) is 17.3 Å². The van der Waals surface area contributed by atoms with E-state index in [1.165, 1.54) is 13.1 Å². The van der Waals surface area contributed by atoms with Crippen LogP contribution in [0.2, 0.25) is 5.02 Å². The molecule has 0 unspecified atom stereocenters. The SMILES string of the molecule is CNc1nc(-c2c[nH]c3ncc(Cl)cc23)nc(N[C@@H](C)C(=O)CCC(F)(F)F)c1C(C)C. The van der Waals surface area contributed by atoms with E-state index in [9.17, 15) is 18.0 Å². The first kappa shape index (κ1) is 23.8. The first-order valence-electron chi connectivity index (χ1n) is 10.1. The second-order valence-electron chi connectivity index (χ2n) is 7.76. The third-order valence-corrected chi connectivity index (χ3v) is 5.20. The van der Waals surface area contributed by atoms with Gasteiger partial charge in [-0.2, -0.15) is 13.2 Å². The van der Waals surface area contributed by atoms with E-state index >= 15 is 0 Å². The molecule has 0 fully saturated rings. The summed E-state index contributed by atoms with van der Waals surface area (Å²) in [6, 6.07) is 0.881. The van der Waals surface area contributed by atoms with Gasteiger partial charge in [0, 0.05) is 42.4 Å². The number of nitrogens with one attached hydrogen (secondary N) is 3. The Balaban J connectivity index is 2.02. The van der Waals surface area contributed by atoms with Gasteiger partial charge in [-0.3, -0.25) is 4.79 Å². The van der Waals surface area contributed by atoms with E-state index in [0.29, 0.717) is 33.7 Å². The summed E-state index contributed by atoms with van der Waals surface area (Å²) in [4.78, 5) is 28.8. The average molecular weight is 469 g/mol. The van der Waals surface area contributed by atoms with Crippen molar-refractivity contribution in [2.75, 3.05) is 17.7 Å². The van der Waals surface area contributed by atoms with Gasteiger partial charge in [-0.15, -0.1) is 0 Å². The summed E-state index contributed by atoms with van der Waals surface area (Å²) in [5.41, 5.74) is 1.99. The van der Waals surface area contributed by atoms with Gasteiger partial charge in [-0.05, 0) is 18.9 Å². The Hall–Kier alpha value is -2.88. The fourth-order valence-electron chi connectivity index (χ4n) is 3.37. The van der Waals surface area contributed by atoms with Crippen molar-refractivity contribution in [3.63, 3.8) is 0 Å². The van der Waals surface area contributed by atoms with E-state index in [1.54, 1.807) is 19.3 Å². The number of fused-ring (bicyclic) bond motifs is 1. The van der Waals surface area contributed by atoms with E-state index in [1.807, 2.05) is 13.8 Å². The van der Waals surface area contributed by atoms with Crippen molar-refractivity contribution in [3.05, 3.63) is 29.0 Å². The molecule has 0 saturated carbocycles. The second-order valence-corrected chi connectivity index (χ2v) is 8.20. The van der Waals surface area contributed by atoms with Gasteiger partial charge in [-0.25, -0.2) is 15.0 Å². The zero-order chi connectivity index (χ0) is 23.6. The molecule has 3 aromatic rings. The molecule has 0 aliphatic carbocycles. The first-order valence-corrected chi connectivity index (χ1v) is 10.5. The van der Waals surface area contributed by atoms with Crippen LogP contribution in [-0.4, -0.2) is 45.0 Å². The van der Waals surface area contributed by atoms with Crippen molar-refractivity contribution in [1.82, 2.24) is 19.9 Å². The van der Waals surface area contributed by atoms with Crippen molar-refractivity contribution >= 4 is 40.1 Å². The van der Waals surface area contributed by atoms with Gasteiger partial charge in [-0.1, -0.05) is 25.4 Å². The minimum Gasteiger partial charge on any atom is -0.373 e. The third-order valence-electron chi connectivity index (χ3n) is 4.99. The standard InChI is InChI=1S/C21H24ClF3N6O/c1-10(2)16-19(26-4)30-18(14-9-28-17-13(14)7-12(22)8-27-17)31-20(16)29-11(3)15(32)5-6-21(23,24)25/h7-11H,5-6H2,1-4H3,(H,27,28)(H2,26,29,30,31)/t11-/m0/s1. The van der Waals surface area contributed by atoms with E-state index in [2.05, 4.69) is 30.6 Å². The molecule has 3 N–H and O–H groups in total. The Kier molecular flexibility index (Phi) is 6.92. The van der Waals surface area contributed by atoms with Crippen molar-refractivity contribution in [3.8, 4) is 11.4 Å². The number of nitrogens with zero attached hydrogens (tertiary/aromatic N) is 3. The van der Waals surface area contributed by atoms with Gasteiger partial charge in [0.2, 0.25) is 0 Å². The largest absolute Gasteiger partial charge is 0.389 e. The summed E-state index contributed by atoms with van der Waals surface area (Å²) in [5, 5.41) is 7.23. The molecule has 3 aromatic heterocycles. The summed E-state index contributed by atoms with van der Waals surface area (Å²) in [6.07, 6.45) is -2.91. The predicted octanol–water partition coefficient (Wildman–Crippen LogP) is 5.55. The fourth-order valence-corrected chi connectivity index (χ4v) is 3.53. The number of halogens is 4. The number of H-pyrrole nitrogens is 1. The minimum absolute atomic E-state index is 0.0226. The molecule has 0 aromatic carbocycles. The zero-order valence-electron chi connectivity index (χ0n) is 18.1. The fraction of sp³-hybridized carbons (Fsp3) is 0.429. The first-order chi connectivity index (χ1) is 15.0. The Morgan fingerprint density at radius 2 is 1.91 bits per heavy atom. The van der Waals surface area contributed by atoms with Crippen LogP contribution in [-0.2, 0) is 4.79 Å². The van der Waals surface area contributed by atoms with E-state index in [-0.39, 0.29) is 5.92 Å². The Labute approximate surface area is 188 Å². The number of pyridine rings is 1. The number of rotatable bonds is 8. The lowest BCUT2D eigenvalue weighted by Gasteiger charge is -2.21. The highest BCUT2D eigenvalue weighted by Crippen LogP contribution is 2.34. The number of aromatic amines is 1. The number of aromatic nitrogens is 4. The molecular formula is C21H24ClF3N6O. The highest BCUT2D eigenvalue weighted by molar-refractivity contribution is 6.31. The van der Waals surface area contributed by atoms with Crippen molar-refractivity contribution < 1.29 is 18.0 Å². The van der Waals surface area contributed by atoms with Gasteiger partial charge in [0.05, 0.1) is 17.5 Å². The van der Waals surface area contributed by atoms with Gasteiger partial charge < -0.3 is 15.6 Å². The lowest BCUT2D eigenvalue weighted by Crippen LogP contribution is -2.29. The van der Waals surface area contributed by atoms with Crippen LogP contribution < -0.4 is 10.6 Å². The zero-order valence-corrected chi connectivity index (χ0v) is 18.8. The predicted molar refractivity (Wildman–Crippen MR) is 119 cm³/mol. The van der Waals surface area contributed by atoms with Gasteiger partial charge in [0.15, 0.2) is 11.6 Å². The molecule has 0 amide bonds. The van der Waals surface area contributed by atoms with Crippen LogP contribution >= 0.6 is 11.6 Å². The summed E-state index contributed by atoms with van der Waals surface area (Å²) in [6.45, 7) is 5.41. The number of alkyl halides is 3. The molecular weight excluding hydrogens is 445 g/mol. The third kappa shape index (κ3) is 5.29. The average Bonchev–Trinajstić information content (AvgIpc) is 3.13. The van der Waals surface area contributed by atoms with Crippen LogP contribution in [0.15, 0.2) is 18.5 Å². The number of hydrogen-bond donors (Lipinski definition) is 3. The molecule has 3 heterocycles. The van der Waals surface area contributed by atoms with E-state index in [4.69, 9.17) is 11.6 Å². The maximum atomic E-state index is 12.5. The number of anilines is 2. The van der Waals surface area contributed by atoms with Crippen molar-refractivity contribution in [1.29, 1.82) is 0 Å². The molecule has 172 valence electrons. The van der Waals surface area contributed by atoms with Crippen molar-refractivity contribution in [2.45, 2.75) is 51.7 Å². The molecule has 0 aliphatic heterocycles. The number of Topliss-reactive ketones (excluding diaryl/α,β-unsaturated/α-hetero) is 1. The summed E-state index contributed by atoms with van der Waals surface area (Å²) < 4.78 is 37.6. The summed E-state index contributed by atoms with van der Waals surface area (Å²) in [5.74, 6) is 0.710. The summed E-state index contributed by atoms with van der Waals surface area (Å²) >= 11 is 6.10. The quantitative estimate of drug-likeness (QED) is 0.401. The maximum absolute atomic E-state index is 12.5. The van der Waals surface area contributed by atoms with E-state index in [0.717, 1.165) is 10.9 Å². The Morgan fingerprint density at radius 3 is 2.53 bits per heavy atom. The minimum atomic E-state index is -4.38. The number of carbonyl (C=O) groups is 1. The molecule has 0 saturated heterocycles. The Morgan fingerprint density at radius 1 is 1.22 bits per heavy atom. The van der Waals surface area contributed by atoms with Crippen LogP contribution in [0.5, 0.6) is 0 Å². The normalized spacial score (nSPS) is 12.9. The molecule has 32 heavy (non-hydrogen) atoms. The van der Waals surface area contributed by atoms with Crippen LogP contribution in [0.4, 0.5) is 24.8 Å². The number of ketones is 1. The van der Waals surface area contributed by atoms with E-state index < -0.39 is 30.8 Å². The highest BCUT2D eigenvalue weighted by atomic mass is 35.5. The van der Waals surface area contributed by atoms with Crippen LogP contribution in [0.1, 0.15) is 45.1 Å². The molecule has 0 bridgehead atoms. The topological polar surface area (TPSA) is 95.6 Å². The molecule has 0 spiro atoms. The molecule has 1 atom stereocenters. The number of carbonyl (C=O) groups excluding carboxylic acids is 1. The maximum Gasteiger partial charge on any atom is 0.389 e. The smallest absolute Gasteiger partial charge is 0.373 e. The second kappa shape index (κ2) is 9.32. The lowest BCUT2D eigenvalue weighted by atomic mass is 10.0. The van der Waals surface area contributed by atoms with Gasteiger partial charge >= 0.3 is 6.18 Å². The van der Waals surface area contributed by atoms with Crippen LogP contribution in [0.3, 0.4) is 0 Å². The van der Waals surface area contributed by atoms with Crippen molar-refractivity contribution in [2.24, 2.45) is 0 Å². The number of hydrogen-bond acceptors (Lipinski definition) is 6. The molecule has 7 nitrogen and oxygen atoms in total.